The maximum atomic E-state index is 6.20. The van der Waals surface area contributed by atoms with Crippen molar-refractivity contribution in [3.8, 4) is 0 Å². The molecule has 0 amide bonds. The van der Waals surface area contributed by atoms with E-state index in [1.165, 1.54) is 6.42 Å². The molecule has 4 heteroatoms. The Balaban J connectivity index is 2.94. The van der Waals surface area contributed by atoms with Crippen LogP contribution in [0.15, 0.2) is 18.2 Å². The molecule has 0 aliphatic rings. The van der Waals surface area contributed by atoms with Gasteiger partial charge in [-0.25, -0.2) is 0 Å². The van der Waals surface area contributed by atoms with Gasteiger partial charge in [-0.2, -0.15) is 0 Å². The molecular formula is C14H21ClN2S. The van der Waals surface area contributed by atoms with E-state index in [-0.39, 0.29) is 0 Å². The molecule has 0 aliphatic heterocycles. The smallest absolute Gasteiger partial charge is 0.105 e. The van der Waals surface area contributed by atoms with Crippen molar-refractivity contribution in [1.82, 2.24) is 0 Å². The summed E-state index contributed by atoms with van der Waals surface area (Å²) in [6.07, 6.45) is 1.18. The van der Waals surface area contributed by atoms with Gasteiger partial charge in [-0.1, -0.05) is 44.1 Å². The first-order valence-corrected chi connectivity index (χ1v) is 7.12. The van der Waals surface area contributed by atoms with Crippen molar-refractivity contribution in [2.75, 3.05) is 18.0 Å². The lowest BCUT2D eigenvalue weighted by atomic mass is 10.1. The summed E-state index contributed by atoms with van der Waals surface area (Å²) in [5.74, 6) is 0.666. The van der Waals surface area contributed by atoms with Gasteiger partial charge < -0.3 is 10.6 Å². The van der Waals surface area contributed by atoms with Gasteiger partial charge in [0.15, 0.2) is 0 Å². The third-order valence-corrected chi connectivity index (χ3v) is 3.73. The molecule has 2 nitrogen and oxygen atoms in total. The lowest BCUT2D eigenvalue weighted by molar-refractivity contribution is 0.548. The average molecular weight is 285 g/mol. The van der Waals surface area contributed by atoms with Gasteiger partial charge in [0.2, 0.25) is 0 Å². The van der Waals surface area contributed by atoms with Crippen LogP contribution in [0.3, 0.4) is 0 Å². The van der Waals surface area contributed by atoms with Crippen LogP contribution in [-0.2, 0) is 0 Å². The summed E-state index contributed by atoms with van der Waals surface area (Å²) in [4.78, 5) is 2.67. The normalized spacial score (nSPS) is 12.2. The van der Waals surface area contributed by atoms with E-state index < -0.39 is 0 Å². The number of hydrogen-bond donors (Lipinski definition) is 1. The number of rotatable bonds is 6. The third-order valence-electron chi connectivity index (χ3n) is 3.19. The van der Waals surface area contributed by atoms with Crippen LogP contribution in [0.5, 0.6) is 0 Å². The monoisotopic (exact) mass is 284 g/mol. The van der Waals surface area contributed by atoms with Crippen molar-refractivity contribution in [3.63, 3.8) is 0 Å². The minimum atomic E-state index is 0.344. The van der Waals surface area contributed by atoms with E-state index >= 15 is 0 Å². The highest BCUT2D eigenvalue weighted by atomic mass is 35.5. The van der Waals surface area contributed by atoms with Gasteiger partial charge in [0.1, 0.15) is 4.99 Å². The molecule has 0 aromatic heterocycles. The highest BCUT2D eigenvalue weighted by Crippen LogP contribution is 2.24. The number of halogens is 1. The summed E-state index contributed by atoms with van der Waals surface area (Å²) in [7, 11) is 0. The Morgan fingerprint density at radius 3 is 2.56 bits per heavy atom. The van der Waals surface area contributed by atoms with E-state index in [4.69, 9.17) is 29.6 Å². The van der Waals surface area contributed by atoms with E-state index in [9.17, 15) is 0 Å². The molecule has 0 heterocycles. The zero-order valence-electron chi connectivity index (χ0n) is 11.2. The van der Waals surface area contributed by atoms with Crippen LogP contribution < -0.4 is 10.6 Å². The number of anilines is 1. The molecule has 0 saturated carbocycles. The summed E-state index contributed by atoms with van der Waals surface area (Å²) in [5, 5.41) is 0.627. The fourth-order valence-electron chi connectivity index (χ4n) is 1.82. The van der Waals surface area contributed by atoms with Gasteiger partial charge in [-0.15, -0.1) is 0 Å². The summed E-state index contributed by atoms with van der Waals surface area (Å²) in [6.45, 7) is 8.62. The molecule has 0 fully saturated rings. The van der Waals surface area contributed by atoms with Crippen molar-refractivity contribution in [2.45, 2.75) is 27.2 Å². The molecule has 0 aliphatic carbocycles. The molecule has 1 aromatic rings. The minimum Gasteiger partial charge on any atom is -0.389 e. The number of hydrogen-bond acceptors (Lipinski definition) is 2. The molecule has 1 rings (SSSR count). The topological polar surface area (TPSA) is 29.3 Å². The van der Waals surface area contributed by atoms with Crippen molar-refractivity contribution in [2.24, 2.45) is 11.7 Å². The molecule has 2 N–H and O–H groups in total. The van der Waals surface area contributed by atoms with Crippen molar-refractivity contribution in [3.05, 3.63) is 28.8 Å². The molecule has 1 aromatic carbocycles. The molecule has 100 valence electrons. The van der Waals surface area contributed by atoms with Crippen LogP contribution in [-0.4, -0.2) is 18.1 Å². The van der Waals surface area contributed by atoms with E-state index in [1.807, 2.05) is 18.2 Å². The second-order valence-corrected chi connectivity index (χ2v) is 5.43. The Hall–Kier alpha value is -0.800. The second kappa shape index (κ2) is 6.95. The number of benzene rings is 1. The molecular weight excluding hydrogens is 264 g/mol. The van der Waals surface area contributed by atoms with Crippen LogP contribution in [0, 0.1) is 5.92 Å². The predicted molar refractivity (Wildman–Crippen MR) is 84.7 cm³/mol. The van der Waals surface area contributed by atoms with Crippen molar-refractivity contribution < 1.29 is 0 Å². The maximum Gasteiger partial charge on any atom is 0.105 e. The van der Waals surface area contributed by atoms with Crippen LogP contribution in [0.1, 0.15) is 32.8 Å². The first kappa shape index (κ1) is 15.3. The van der Waals surface area contributed by atoms with Crippen molar-refractivity contribution in [1.29, 1.82) is 0 Å². The molecule has 0 bridgehead atoms. The molecule has 0 radical (unpaired) electrons. The predicted octanol–water partition coefficient (Wildman–Crippen LogP) is 3.85. The summed E-state index contributed by atoms with van der Waals surface area (Å²) >= 11 is 11.2. The Morgan fingerprint density at radius 1 is 1.44 bits per heavy atom. The fourth-order valence-corrected chi connectivity index (χ4v) is 2.33. The van der Waals surface area contributed by atoms with Crippen LogP contribution in [0.25, 0.3) is 0 Å². The summed E-state index contributed by atoms with van der Waals surface area (Å²) in [6, 6.07) is 5.88. The number of nitrogens with two attached hydrogens (primary N) is 1. The maximum absolute atomic E-state index is 6.20. The van der Waals surface area contributed by atoms with E-state index in [0.717, 1.165) is 24.3 Å². The SMILES string of the molecule is CCC(C)CN(CC)c1ccc(C(N)=S)c(Cl)c1. The summed E-state index contributed by atoms with van der Waals surface area (Å²) < 4.78 is 0. The number of nitrogens with zero attached hydrogens (tertiary/aromatic N) is 1. The Morgan fingerprint density at radius 2 is 2.11 bits per heavy atom. The van der Waals surface area contributed by atoms with E-state index in [2.05, 4.69) is 25.7 Å². The molecule has 18 heavy (non-hydrogen) atoms. The van der Waals surface area contributed by atoms with Crippen LogP contribution in [0.4, 0.5) is 5.69 Å². The average Bonchev–Trinajstić information content (AvgIpc) is 2.34. The Kier molecular flexibility index (Phi) is 5.89. The third kappa shape index (κ3) is 3.85. The van der Waals surface area contributed by atoms with Gasteiger partial charge in [0, 0.05) is 24.3 Å². The zero-order chi connectivity index (χ0) is 13.7. The lowest BCUT2D eigenvalue weighted by Gasteiger charge is -2.26. The Bertz CT molecular complexity index is 420. The van der Waals surface area contributed by atoms with Crippen LogP contribution in [0.2, 0.25) is 5.02 Å². The Labute approximate surface area is 120 Å². The lowest BCUT2D eigenvalue weighted by Crippen LogP contribution is -2.28. The standard InChI is InChI=1S/C14H21ClN2S/c1-4-10(3)9-17(5-2)11-6-7-12(14(16)18)13(15)8-11/h6-8,10H,4-5,9H2,1-3H3,(H2,16,18). The van der Waals surface area contributed by atoms with Gasteiger partial charge in [-0.05, 0) is 31.0 Å². The van der Waals surface area contributed by atoms with Gasteiger partial charge in [0.05, 0.1) is 5.02 Å². The number of thiocarbonyl (C=S) groups is 1. The first-order valence-electron chi connectivity index (χ1n) is 6.33. The molecule has 1 unspecified atom stereocenters. The highest BCUT2D eigenvalue weighted by Gasteiger charge is 2.11. The molecule has 1 atom stereocenters. The second-order valence-electron chi connectivity index (χ2n) is 4.58. The summed E-state index contributed by atoms with van der Waals surface area (Å²) in [5.41, 5.74) is 7.48. The van der Waals surface area contributed by atoms with E-state index in [0.29, 0.717) is 15.9 Å². The van der Waals surface area contributed by atoms with Crippen LogP contribution >= 0.6 is 23.8 Å². The minimum absolute atomic E-state index is 0.344. The fraction of sp³-hybridized carbons (Fsp3) is 0.500. The van der Waals surface area contributed by atoms with Gasteiger partial charge >= 0.3 is 0 Å². The quantitative estimate of drug-likeness (QED) is 0.805. The first-order chi connectivity index (χ1) is 8.49. The van der Waals surface area contributed by atoms with E-state index in [1.54, 1.807) is 0 Å². The zero-order valence-corrected chi connectivity index (χ0v) is 12.8. The molecule has 0 spiro atoms. The van der Waals surface area contributed by atoms with Gasteiger partial charge in [-0.3, -0.25) is 0 Å². The highest BCUT2D eigenvalue weighted by molar-refractivity contribution is 7.80. The molecule has 0 saturated heterocycles. The van der Waals surface area contributed by atoms with Gasteiger partial charge in [0.25, 0.3) is 0 Å². The van der Waals surface area contributed by atoms with Crippen molar-refractivity contribution >= 4 is 34.5 Å². The largest absolute Gasteiger partial charge is 0.389 e.